The third-order valence-corrected chi connectivity index (χ3v) is 7.75. The third-order valence-electron chi connectivity index (χ3n) is 5.10. The molecule has 9 heteroatoms. The molecule has 1 unspecified atom stereocenters. The van der Waals surface area contributed by atoms with Crippen molar-refractivity contribution < 1.29 is 17.6 Å². The van der Waals surface area contributed by atoms with Crippen molar-refractivity contribution in [2.45, 2.75) is 31.3 Å². The highest BCUT2D eigenvalue weighted by Crippen LogP contribution is 2.25. The molecule has 0 aromatic heterocycles. The molecule has 1 N–H and O–H groups in total. The summed E-state index contributed by atoms with van der Waals surface area (Å²) in [6, 6.07) is 17.4. The van der Waals surface area contributed by atoms with Crippen LogP contribution < -0.4 is 5.32 Å². The lowest BCUT2D eigenvalue weighted by atomic mass is 10.1. The van der Waals surface area contributed by atoms with E-state index in [0.717, 1.165) is 19.9 Å². The molecular formula is C24H23BrClFN2O3S. The molecule has 174 valence electrons. The van der Waals surface area contributed by atoms with E-state index in [0.29, 0.717) is 0 Å². The van der Waals surface area contributed by atoms with Gasteiger partial charge in [-0.05, 0) is 55.8 Å². The molecule has 33 heavy (non-hydrogen) atoms. The van der Waals surface area contributed by atoms with Crippen LogP contribution in [0, 0.1) is 12.7 Å². The summed E-state index contributed by atoms with van der Waals surface area (Å²) in [5, 5.41) is 2.89. The second kappa shape index (κ2) is 10.8. The van der Waals surface area contributed by atoms with E-state index in [1.807, 2.05) is 31.2 Å². The summed E-state index contributed by atoms with van der Waals surface area (Å²) in [6.07, 6.45) is 0. The minimum absolute atomic E-state index is 0.00249. The fraction of sp³-hybridized carbons (Fsp3) is 0.208. The van der Waals surface area contributed by atoms with E-state index in [1.165, 1.54) is 30.3 Å². The SMILES string of the molecule is Cc1ccc(S(=O)(=O)N(CC(=O)NC(C)c2cccc(Br)c2)Cc2c(F)cccc2Cl)cc1. The highest BCUT2D eigenvalue weighted by molar-refractivity contribution is 9.10. The summed E-state index contributed by atoms with van der Waals surface area (Å²) in [4.78, 5) is 12.9. The van der Waals surface area contributed by atoms with Gasteiger partial charge in [0.05, 0.1) is 17.5 Å². The number of rotatable bonds is 8. The number of halogens is 3. The molecule has 0 aliphatic carbocycles. The first-order valence-corrected chi connectivity index (χ1v) is 12.7. The molecule has 0 aliphatic heterocycles. The van der Waals surface area contributed by atoms with Crippen LogP contribution in [0.15, 0.2) is 76.1 Å². The fourth-order valence-corrected chi connectivity index (χ4v) is 5.26. The van der Waals surface area contributed by atoms with Crippen molar-refractivity contribution in [2.24, 2.45) is 0 Å². The minimum Gasteiger partial charge on any atom is -0.348 e. The molecule has 0 bridgehead atoms. The first-order valence-electron chi connectivity index (χ1n) is 10.1. The zero-order valence-corrected chi connectivity index (χ0v) is 21.2. The van der Waals surface area contributed by atoms with Gasteiger partial charge in [-0.2, -0.15) is 4.31 Å². The molecule has 0 spiro atoms. The van der Waals surface area contributed by atoms with Crippen molar-refractivity contribution >= 4 is 43.5 Å². The topological polar surface area (TPSA) is 66.5 Å². The Bertz CT molecular complexity index is 1230. The number of hydrogen-bond donors (Lipinski definition) is 1. The van der Waals surface area contributed by atoms with E-state index in [1.54, 1.807) is 19.1 Å². The molecular weight excluding hydrogens is 531 g/mol. The third kappa shape index (κ3) is 6.41. The number of aryl methyl sites for hydroxylation is 1. The second-order valence-corrected chi connectivity index (χ2v) is 10.9. The van der Waals surface area contributed by atoms with Crippen LogP contribution in [0.5, 0.6) is 0 Å². The molecule has 0 heterocycles. The van der Waals surface area contributed by atoms with Gasteiger partial charge in [-0.15, -0.1) is 0 Å². The lowest BCUT2D eigenvalue weighted by Crippen LogP contribution is -2.41. The van der Waals surface area contributed by atoms with Gasteiger partial charge in [-0.25, -0.2) is 12.8 Å². The highest BCUT2D eigenvalue weighted by atomic mass is 79.9. The van der Waals surface area contributed by atoms with E-state index in [2.05, 4.69) is 21.2 Å². The van der Waals surface area contributed by atoms with Crippen molar-refractivity contribution in [2.75, 3.05) is 6.54 Å². The first-order chi connectivity index (χ1) is 15.6. The molecule has 0 fully saturated rings. The van der Waals surface area contributed by atoms with E-state index in [-0.39, 0.29) is 28.1 Å². The summed E-state index contributed by atoms with van der Waals surface area (Å²) >= 11 is 9.54. The number of carbonyl (C=O) groups excluding carboxylic acids is 1. The molecule has 0 aliphatic rings. The van der Waals surface area contributed by atoms with Crippen LogP contribution in [-0.4, -0.2) is 25.2 Å². The number of nitrogens with zero attached hydrogens (tertiary/aromatic N) is 1. The monoisotopic (exact) mass is 552 g/mol. The Morgan fingerprint density at radius 2 is 1.79 bits per heavy atom. The quantitative estimate of drug-likeness (QED) is 0.394. The largest absolute Gasteiger partial charge is 0.348 e. The molecule has 3 rings (SSSR count). The van der Waals surface area contributed by atoms with Crippen molar-refractivity contribution in [3.05, 3.63) is 98.7 Å². The molecule has 1 amide bonds. The van der Waals surface area contributed by atoms with Gasteiger partial charge in [0.1, 0.15) is 5.82 Å². The molecule has 0 radical (unpaired) electrons. The normalized spacial score (nSPS) is 12.5. The average molecular weight is 554 g/mol. The van der Waals surface area contributed by atoms with E-state index in [9.17, 15) is 17.6 Å². The van der Waals surface area contributed by atoms with Gasteiger partial charge in [-0.3, -0.25) is 4.79 Å². The number of amides is 1. The Morgan fingerprint density at radius 1 is 1.12 bits per heavy atom. The van der Waals surface area contributed by atoms with Gasteiger partial charge in [-0.1, -0.05) is 63.4 Å². The summed E-state index contributed by atoms with van der Waals surface area (Å²) in [7, 11) is -4.11. The number of carbonyl (C=O) groups is 1. The van der Waals surface area contributed by atoms with Crippen LogP contribution in [-0.2, 0) is 21.4 Å². The summed E-state index contributed by atoms with van der Waals surface area (Å²) in [5.41, 5.74) is 1.74. The van der Waals surface area contributed by atoms with Crippen molar-refractivity contribution in [3.8, 4) is 0 Å². The predicted octanol–water partition coefficient (Wildman–Crippen LogP) is 5.62. The average Bonchev–Trinajstić information content (AvgIpc) is 2.75. The first kappa shape index (κ1) is 25.4. The molecule has 5 nitrogen and oxygen atoms in total. The maximum Gasteiger partial charge on any atom is 0.243 e. The molecule has 3 aromatic rings. The number of hydrogen-bond acceptors (Lipinski definition) is 3. The molecule has 1 atom stereocenters. The Morgan fingerprint density at radius 3 is 2.42 bits per heavy atom. The summed E-state index contributed by atoms with van der Waals surface area (Å²) in [5.74, 6) is -1.17. The lowest BCUT2D eigenvalue weighted by molar-refractivity contribution is -0.122. The van der Waals surface area contributed by atoms with E-state index < -0.39 is 28.3 Å². The molecule has 0 saturated carbocycles. The lowest BCUT2D eigenvalue weighted by Gasteiger charge is -2.24. The Labute approximate surface area is 206 Å². The van der Waals surface area contributed by atoms with Crippen LogP contribution in [0.25, 0.3) is 0 Å². The predicted molar refractivity (Wildman–Crippen MR) is 131 cm³/mol. The zero-order valence-electron chi connectivity index (χ0n) is 18.1. The van der Waals surface area contributed by atoms with Crippen LogP contribution >= 0.6 is 27.5 Å². The van der Waals surface area contributed by atoms with Crippen LogP contribution in [0.1, 0.15) is 29.7 Å². The Balaban J connectivity index is 1.89. The maximum atomic E-state index is 14.5. The van der Waals surface area contributed by atoms with Gasteiger partial charge < -0.3 is 5.32 Å². The minimum atomic E-state index is -4.11. The maximum absolute atomic E-state index is 14.5. The number of benzene rings is 3. The van der Waals surface area contributed by atoms with Gasteiger partial charge in [0.15, 0.2) is 0 Å². The van der Waals surface area contributed by atoms with Crippen LogP contribution in [0.4, 0.5) is 4.39 Å². The summed E-state index contributed by atoms with van der Waals surface area (Å²) in [6.45, 7) is 2.75. The number of nitrogens with one attached hydrogen (secondary N) is 1. The van der Waals surface area contributed by atoms with E-state index >= 15 is 0 Å². The van der Waals surface area contributed by atoms with Crippen LogP contribution in [0.2, 0.25) is 5.02 Å². The van der Waals surface area contributed by atoms with Gasteiger partial charge in [0, 0.05) is 21.6 Å². The Hall–Kier alpha value is -2.26. The highest BCUT2D eigenvalue weighted by Gasteiger charge is 2.29. The van der Waals surface area contributed by atoms with E-state index in [4.69, 9.17) is 11.6 Å². The van der Waals surface area contributed by atoms with Crippen molar-refractivity contribution in [1.29, 1.82) is 0 Å². The van der Waals surface area contributed by atoms with Crippen molar-refractivity contribution in [3.63, 3.8) is 0 Å². The van der Waals surface area contributed by atoms with Gasteiger partial charge in [0.25, 0.3) is 0 Å². The standard InChI is InChI=1S/C24H23BrClFN2O3S/c1-16-9-11-20(12-10-16)33(31,32)29(14-21-22(26)7-4-8-23(21)27)15-24(30)28-17(2)18-5-3-6-19(25)13-18/h3-13,17H,14-15H2,1-2H3,(H,28,30). The van der Waals surface area contributed by atoms with Gasteiger partial charge in [0.2, 0.25) is 15.9 Å². The van der Waals surface area contributed by atoms with Gasteiger partial charge >= 0.3 is 0 Å². The number of sulfonamides is 1. The summed E-state index contributed by atoms with van der Waals surface area (Å²) < 4.78 is 43.0. The zero-order chi connectivity index (χ0) is 24.2. The van der Waals surface area contributed by atoms with Crippen molar-refractivity contribution in [1.82, 2.24) is 9.62 Å². The fourth-order valence-electron chi connectivity index (χ4n) is 3.25. The molecule has 0 saturated heterocycles. The van der Waals surface area contributed by atoms with Crippen LogP contribution in [0.3, 0.4) is 0 Å². The smallest absolute Gasteiger partial charge is 0.243 e. The molecule has 3 aromatic carbocycles. The second-order valence-electron chi connectivity index (χ2n) is 7.63. The Kier molecular flexibility index (Phi) is 8.28.